The Morgan fingerprint density at radius 3 is 2.77 bits per heavy atom. The lowest BCUT2D eigenvalue weighted by molar-refractivity contribution is 0.0968. The van der Waals surface area contributed by atoms with E-state index in [0.717, 1.165) is 39.9 Å². The number of amides is 1. The second-order valence-corrected chi connectivity index (χ2v) is 10.6. The molecule has 1 aromatic carbocycles. The molecule has 0 radical (unpaired) electrons. The molecule has 11 heteroatoms. The number of nitrogens with one attached hydrogen (secondary N) is 1. The first-order chi connectivity index (χ1) is 19.7. The van der Waals surface area contributed by atoms with Crippen LogP contribution in [0.2, 0.25) is 0 Å². The Kier molecular flexibility index (Phi) is 6.21. The number of nitrogens with zero attached hydrogens (tertiary/aromatic N) is 7. The summed E-state index contributed by atoms with van der Waals surface area (Å²) >= 11 is 1.56. The fourth-order valence-electron chi connectivity index (χ4n) is 5.15. The van der Waals surface area contributed by atoms with Crippen molar-refractivity contribution < 1.29 is 9.18 Å². The molecule has 40 heavy (non-hydrogen) atoms. The Bertz CT molecular complexity index is 1850. The highest BCUT2D eigenvalue weighted by molar-refractivity contribution is 7.22. The number of piperidine rings is 1. The summed E-state index contributed by atoms with van der Waals surface area (Å²) in [7, 11) is 0. The lowest BCUT2D eigenvalue weighted by Gasteiger charge is -2.34. The molecule has 6 aromatic rings. The summed E-state index contributed by atoms with van der Waals surface area (Å²) in [5, 5.41) is 12.6. The molecule has 1 amide bonds. The van der Waals surface area contributed by atoms with Crippen molar-refractivity contribution in [2.24, 2.45) is 0 Å². The van der Waals surface area contributed by atoms with Gasteiger partial charge in [-0.15, -0.1) is 16.4 Å². The van der Waals surface area contributed by atoms with Gasteiger partial charge in [-0.25, -0.2) is 14.4 Å². The minimum absolute atomic E-state index is 0.0311. The second-order valence-electron chi connectivity index (χ2n) is 9.59. The molecule has 1 N–H and O–H groups in total. The van der Waals surface area contributed by atoms with E-state index in [1.165, 1.54) is 16.8 Å². The first kappa shape index (κ1) is 24.4. The Hall–Kier alpha value is -4.61. The highest BCUT2D eigenvalue weighted by atomic mass is 32.1. The molecule has 1 saturated heterocycles. The number of fused-ring (bicyclic) bond motifs is 2. The van der Waals surface area contributed by atoms with Gasteiger partial charge in [0, 0.05) is 42.3 Å². The van der Waals surface area contributed by atoms with E-state index in [1.807, 2.05) is 18.2 Å². The van der Waals surface area contributed by atoms with Crippen molar-refractivity contribution in [1.82, 2.24) is 35.3 Å². The van der Waals surface area contributed by atoms with E-state index >= 15 is 4.39 Å². The smallest absolute Gasteiger partial charge is 0.262 e. The SMILES string of the molecule is O=C(c1ccc(-n2nnc3cccnc32)cc1F)N(c1nccc2cc(-c3ccncc3)sc12)[C@@H]1CCCNC1. The molecule has 1 aliphatic rings. The highest BCUT2D eigenvalue weighted by Gasteiger charge is 2.32. The standard InChI is InChI=1S/C29H23FN8OS/c30-23-16-20(38-27-24(35-36-38)4-2-11-33-27)5-6-22(23)29(39)37(21-3-1-10-32-17-21)28-26-19(9-14-34-28)15-25(40-26)18-7-12-31-13-8-18/h2,4-9,11-16,21,32H,1,3,10,17H2/t21-/m1/s1. The quantitative estimate of drug-likeness (QED) is 0.321. The number of rotatable bonds is 5. The van der Waals surface area contributed by atoms with E-state index in [-0.39, 0.29) is 11.6 Å². The van der Waals surface area contributed by atoms with E-state index in [9.17, 15) is 4.79 Å². The third kappa shape index (κ3) is 4.29. The number of thiophene rings is 1. The van der Waals surface area contributed by atoms with Gasteiger partial charge >= 0.3 is 0 Å². The van der Waals surface area contributed by atoms with Crippen LogP contribution in [-0.4, -0.2) is 55.0 Å². The summed E-state index contributed by atoms with van der Waals surface area (Å²) in [6, 6.07) is 15.8. The van der Waals surface area contributed by atoms with Crippen LogP contribution in [0.25, 0.3) is 37.4 Å². The van der Waals surface area contributed by atoms with E-state index in [2.05, 4.69) is 36.6 Å². The molecule has 0 saturated carbocycles. The number of anilines is 1. The number of hydrogen-bond acceptors (Lipinski definition) is 8. The topological polar surface area (TPSA) is 102 Å². The van der Waals surface area contributed by atoms with Crippen LogP contribution in [0.15, 0.2) is 79.4 Å². The molecule has 0 bridgehead atoms. The van der Waals surface area contributed by atoms with Gasteiger partial charge in [0.1, 0.15) is 11.3 Å². The van der Waals surface area contributed by atoms with Crippen molar-refractivity contribution in [1.29, 1.82) is 0 Å². The number of aromatic nitrogens is 6. The molecule has 7 rings (SSSR count). The van der Waals surface area contributed by atoms with Crippen LogP contribution < -0.4 is 10.2 Å². The first-order valence-electron chi connectivity index (χ1n) is 13.0. The van der Waals surface area contributed by atoms with E-state index < -0.39 is 11.7 Å². The molecule has 9 nitrogen and oxygen atoms in total. The van der Waals surface area contributed by atoms with Crippen LogP contribution >= 0.6 is 11.3 Å². The van der Waals surface area contributed by atoms with Crippen LogP contribution in [0.4, 0.5) is 10.2 Å². The lowest BCUT2D eigenvalue weighted by Crippen LogP contribution is -2.49. The highest BCUT2D eigenvalue weighted by Crippen LogP contribution is 2.39. The summed E-state index contributed by atoms with van der Waals surface area (Å²) in [6.07, 6.45) is 8.55. The van der Waals surface area contributed by atoms with Gasteiger partial charge in [0.25, 0.3) is 5.91 Å². The Morgan fingerprint density at radius 2 is 1.95 bits per heavy atom. The summed E-state index contributed by atoms with van der Waals surface area (Å²) < 4.78 is 18.0. The van der Waals surface area contributed by atoms with Crippen molar-refractivity contribution in [3.63, 3.8) is 0 Å². The van der Waals surface area contributed by atoms with Crippen molar-refractivity contribution in [3.8, 4) is 16.1 Å². The Balaban J connectivity index is 1.31. The summed E-state index contributed by atoms with van der Waals surface area (Å²) in [5.41, 5.74) is 2.55. The molecule has 0 unspecified atom stereocenters. The number of halogens is 1. The molecule has 198 valence electrons. The van der Waals surface area contributed by atoms with Crippen LogP contribution in [-0.2, 0) is 0 Å². The maximum Gasteiger partial charge on any atom is 0.262 e. The van der Waals surface area contributed by atoms with Gasteiger partial charge in [-0.2, -0.15) is 4.68 Å². The van der Waals surface area contributed by atoms with E-state index in [4.69, 9.17) is 0 Å². The predicted molar refractivity (Wildman–Crippen MR) is 152 cm³/mol. The molecule has 1 aliphatic heterocycles. The zero-order valence-electron chi connectivity index (χ0n) is 21.2. The molecule has 6 heterocycles. The van der Waals surface area contributed by atoms with Gasteiger partial charge < -0.3 is 5.32 Å². The number of hydrogen-bond donors (Lipinski definition) is 1. The van der Waals surface area contributed by atoms with Gasteiger partial charge in [0.15, 0.2) is 11.5 Å². The van der Waals surface area contributed by atoms with Gasteiger partial charge in [-0.05, 0) is 78.9 Å². The normalized spacial score (nSPS) is 15.5. The Morgan fingerprint density at radius 1 is 1.05 bits per heavy atom. The fourth-order valence-corrected chi connectivity index (χ4v) is 6.29. The van der Waals surface area contributed by atoms with Gasteiger partial charge in [-0.1, -0.05) is 5.21 Å². The maximum absolute atomic E-state index is 15.7. The first-order valence-corrected chi connectivity index (χ1v) is 13.8. The minimum Gasteiger partial charge on any atom is -0.315 e. The summed E-state index contributed by atoms with van der Waals surface area (Å²) in [6.45, 7) is 1.48. The fraction of sp³-hybridized carbons (Fsp3) is 0.172. The molecular weight excluding hydrogens is 527 g/mol. The third-order valence-electron chi connectivity index (χ3n) is 7.10. The van der Waals surface area contributed by atoms with E-state index in [1.54, 1.807) is 59.2 Å². The number of pyridine rings is 3. The zero-order chi connectivity index (χ0) is 27.1. The Labute approximate surface area is 232 Å². The maximum atomic E-state index is 15.7. The average molecular weight is 551 g/mol. The third-order valence-corrected chi connectivity index (χ3v) is 8.29. The lowest BCUT2D eigenvalue weighted by atomic mass is 10.0. The largest absolute Gasteiger partial charge is 0.315 e. The van der Waals surface area contributed by atoms with Crippen LogP contribution in [0.5, 0.6) is 0 Å². The van der Waals surface area contributed by atoms with Crippen molar-refractivity contribution in [3.05, 3.63) is 90.8 Å². The van der Waals surface area contributed by atoms with E-state index in [0.29, 0.717) is 29.2 Å². The van der Waals surface area contributed by atoms with Crippen LogP contribution in [0.3, 0.4) is 0 Å². The average Bonchev–Trinajstić information content (AvgIpc) is 3.64. The monoisotopic (exact) mass is 550 g/mol. The number of carbonyl (C=O) groups is 1. The molecule has 1 fully saturated rings. The number of carbonyl (C=O) groups excluding carboxylic acids is 1. The molecule has 5 aromatic heterocycles. The summed E-state index contributed by atoms with van der Waals surface area (Å²) in [5.74, 6) is -0.540. The van der Waals surface area contributed by atoms with Gasteiger partial charge in [0.2, 0.25) is 0 Å². The second kappa shape index (κ2) is 10.2. The van der Waals surface area contributed by atoms with Crippen molar-refractivity contribution in [2.45, 2.75) is 18.9 Å². The molecule has 0 spiro atoms. The number of benzene rings is 1. The van der Waals surface area contributed by atoms with Gasteiger partial charge in [-0.3, -0.25) is 14.7 Å². The minimum atomic E-state index is -0.647. The van der Waals surface area contributed by atoms with Crippen molar-refractivity contribution in [2.75, 3.05) is 18.0 Å². The molecular formula is C29H23FN8OS. The molecule has 1 atom stereocenters. The van der Waals surface area contributed by atoms with Gasteiger partial charge in [0.05, 0.1) is 22.0 Å². The summed E-state index contributed by atoms with van der Waals surface area (Å²) in [4.78, 5) is 30.0. The van der Waals surface area contributed by atoms with Crippen LogP contribution in [0.1, 0.15) is 23.2 Å². The zero-order valence-corrected chi connectivity index (χ0v) is 22.1. The predicted octanol–water partition coefficient (Wildman–Crippen LogP) is 5.03. The molecule has 0 aliphatic carbocycles. The van der Waals surface area contributed by atoms with Crippen LogP contribution in [0, 0.1) is 5.82 Å². The van der Waals surface area contributed by atoms with Crippen molar-refractivity contribution >= 4 is 44.3 Å².